The van der Waals surface area contributed by atoms with Crippen LogP contribution in [0, 0.1) is 0 Å². The van der Waals surface area contributed by atoms with Gasteiger partial charge in [-0.3, -0.25) is 0 Å². The zero-order valence-corrected chi connectivity index (χ0v) is 12.6. The largest absolute Gasteiger partial charge is 0.422 e. The number of rotatable bonds is 4. The maximum atomic E-state index is 12.3. The molecule has 0 amide bonds. The summed E-state index contributed by atoms with van der Waals surface area (Å²) in [5, 5.41) is 3.40. The molecule has 1 heterocycles. The smallest absolute Gasteiger partial charge is 0.339 e. The van der Waals surface area contributed by atoms with Gasteiger partial charge < -0.3 is 4.42 Å². The topological polar surface area (TPSA) is 30.2 Å². The first-order valence-corrected chi connectivity index (χ1v) is 7.72. The van der Waals surface area contributed by atoms with Crippen molar-refractivity contribution in [3.05, 3.63) is 57.9 Å². The van der Waals surface area contributed by atoms with Crippen molar-refractivity contribution in [2.45, 2.75) is 39.5 Å². The summed E-state index contributed by atoms with van der Waals surface area (Å²) in [6.07, 6.45) is 3.71. The minimum Gasteiger partial charge on any atom is -0.422 e. The number of aryl methyl sites for hydroxylation is 1. The first-order valence-electron chi connectivity index (χ1n) is 7.72. The minimum absolute atomic E-state index is 0.164. The Balaban J connectivity index is 2.39. The van der Waals surface area contributed by atoms with E-state index in [0.717, 1.165) is 42.0 Å². The second-order valence-corrected chi connectivity index (χ2v) is 5.54. The van der Waals surface area contributed by atoms with Crippen LogP contribution in [-0.4, -0.2) is 0 Å². The molecule has 0 atom stereocenters. The molecule has 0 spiro atoms. The van der Waals surface area contributed by atoms with Gasteiger partial charge in [-0.25, -0.2) is 4.79 Å². The highest BCUT2D eigenvalue weighted by Crippen LogP contribution is 2.27. The van der Waals surface area contributed by atoms with Gasteiger partial charge in [-0.15, -0.1) is 0 Å². The Kier molecular flexibility index (Phi) is 3.78. The van der Waals surface area contributed by atoms with E-state index in [4.69, 9.17) is 4.42 Å². The van der Waals surface area contributed by atoms with E-state index in [2.05, 4.69) is 26.0 Å². The van der Waals surface area contributed by atoms with Gasteiger partial charge in [0.15, 0.2) is 0 Å². The van der Waals surface area contributed by atoms with Gasteiger partial charge in [0, 0.05) is 10.9 Å². The first-order chi connectivity index (χ1) is 10.2. The van der Waals surface area contributed by atoms with Crippen LogP contribution >= 0.6 is 0 Å². The molecule has 21 heavy (non-hydrogen) atoms. The zero-order valence-electron chi connectivity index (χ0n) is 12.6. The standard InChI is InChI=1S/C19H20O2/c1-3-7-15-16(8-4-2)19(20)21-18-12-14-10-6-5-9-13(14)11-17(15)18/h5-6,9-12H,3-4,7-8H2,1-2H3. The molecule has 0 aliphatic heterocycles. The van der Waals surface area contributed by atoms with E-state index in [-0.39, 0.29) is 5.63 Å². The van der Waals surface area contributed by atoms with Gasteiger partial charge in [0.1, 0.15) is 5.58 Å². The quantitative estimate of drug-likeness (QED) is 0.505. The van der Waals surface area contributed by atoms with Crippen molar-refractivity contribution in [1.29, 1.82) is 0 Å². The molecule has 0 saturated heterocycles. The summed E-state index contributed by atoms with van der Waals surface area (Å²) in [6.45, 7) is 4.25. The van der Waals surface area contributed by atoms with E-state index in [0.29, 0.717) is 5.58 Å². The van der Waals surface area contributed by atoms with E-state index in [1.165, 1.54) is 10.9 Å². The maximum Gasteiger partial charge on any atom is 0.339 e. The molecule has 0 N–H and O–H groups in total. The summed E-state index contributed by atoms with van der Waals surface area (Å²) >= 11 is 0. The van der Waals surface area contributed by atoms with Gasteiger partial charge in [0.25, 0.3) is 0 Å². The van der Waals surface area contributed by atoms with Gasteiger partial charge >= 0.3 is 5.63 Å². The molecule has 0 bridgehead atoms. The summed E-state index contributed by atoms with van der Waals surface area (Å²) in [4.78, 5) is 12.3. The average Bonchev–Trinajstić information content (AvgIpc) is 2.49. The molecular formula is C19H20O2. The fraction of sp³-hybridized carbons (Fsp3) is 0.316. The second-order valence-electron chi connectivity index (χ2n) is 5.54. The molecule has 2 heteroatoms. The molecule has 0 radical (unpaired) electrons. The summed E-state index contributed by atoms with van der Waals surface area (Å²) < 4.78 is 5.58. The number of benzene rings is 2. The van der Waals surface area contributed by atoms with Gasteiger partial charge in [0.05, 0.1) is 0 Å². The molecule has 0 aliphatic carbocycles. The highest BCUT2D eigenvalue weighted by atomic mass is 16.4. The third kappa shape index (κ3) is 2.46. The van der Waals surface area contributed by atoms with Crippen molar-refractivity contribution in [2.75, 3.05) is 0 Å². The van der Waals surface area contributed by atoms with Crippen LogP contribution in [0.1, 0.15) is 37.8 Å². The summed E-state index contributed by atoms with van der Waals surface area (Å²) in [5.41, 5.74) is 2.59. The summed E-state index contributed by atoms with van der Waals surface area (Å²) in [5.74, 6) is 0. The second kappa shape index (κ2) is 5.72. The summed E-state index contributed by atoms with van der Waals surface area (Å²) in [6, 6.07) is 12.4. The van der Waals surface area contributed by atoms with E-state index in [9.17, 15) is 4.79 Å². The van der Waals surface area contributed by atoms with Gasteiger partial charge in [-0.2, -0.15) is 0 Å². The molecule has 3 aromatic rings. The fourth-order valence-corrected chi connectivity index (χ4v) is 3.03. The molecule has 3 rings (SSSR count). The molecule has 1 aromatic heterocycles. The lowest BCUT2D eigenvalue weighted by molar-refractivity contribution is 0.546. The van der Waals surface area contributed by atoms with Crippen LogP contribution in [-0.2, 0) is 12.8 Å². The Morgan fingerprint density at radius 2 is 1.52 bits per heavy atom. The van der Waals surface area contributed by atoms with Crippen LogP contribution in [0.2, 0.25) is 0 Å². The lowest BCUT2D eigenvalue weighted by Crippen LogP contribution is -2.12. The van der Waals surface area contributed by atoms with Crippen molar-refractivity contribution in [2.24, 2.45) is 0 Å². The summed E-state index contributed by atoms with van der Waals surface area (Å²) in [7, 11) is 0. The number of hydrogen-bond donors (Lipinski definition) is 0. The van der Waals surface area contributed by atoms with E-state index >= 15 is 0 Å². The Hall–Kier alpha value is -2.09. The predicted molar refractivity (Wildman–Crippen MR) is 88.0 cm³/mol. The number of fused-ring (bicyclic) bond motifs is 2. The Morgan fingerprint density at radius 3 is 2.19 bits per heavy atom. The zero-order chi connectivity index (χ0) is 14.8. The first kappa shape index (κ1) is 13.9. The third-order valence-corrected chi connectivity index (χ3v) is 3.99. The lowest BCUT2D eigenvalue weighted by atomic mass is 9.96. The third-order valence-electron chi connectivity index (χ3n) is 3.99. The molecule has 0 aliphatic rings. The van der Waals surface area contributed by atoms with Crippen LogP contribution < -0.4 is 5.63 Å². The number of hydrogen-bond acceptors (Lipinski definition) is 2. The van der Waals surface area contributed by atoms with Gasteiger partial charge in [-0.1, -0.05) is 51.0 Å². The molecule has 0 saturated carbocycles. The monoisotopic (exact) mass is 280 g/mol. The maximum absolute atomic E-state index is 12.3. The SMILES string of the molecule is CCCc1c(CCC)c2cc3ccccc3cc2oc1=O. The molecule has 0 fully saturated rings. The average molecular weight is 280 g/mol. The van der Waals surface area contributed by atoms with Crippen molar-refractivity contribution < 1.29 is 4.42 Å². The molecule has 0 unspecified atom stereocenters. The van der Waals surface area contributed by atoms with Gasteiger partial charge in [0.2, 0.25) is 0 Å². The lowest BCUT2D eigenvalue weighted by Gasteiger charge is -2.11. The van der Waals surface area contributed by atoms with E-state index in [1.54, 1.807) is 0 Å². The van der Waals surface area contributed by atoms with E-state index in [1.807, 2.05) is 24.3 Å². The van der Waals surface area contributed by atoms with Crippen molar-refractivity contribution in [3.8, 4) is 0 Å². The Labute approximate surface area is 124 Å². The van der Waals surface area contributed by atoms with Crippen molar-refractivity contribution in [1.82, 2.24) is 0 Å². The molecule has 2 nitrogen and oxygen atoms in total. The molecule has 2 aromatic carbocycles. The Bertz CT molecular complexity index is 843. The van der Waals surface area contributed by atoms with Crippen LogP contribution in [0.15, 0.2) is 45.6 Å². The fourth-order valence-electron chi connectivity index (χ4n) is 3.03. The van der Waals surface area contributed by atoms with Crippen LogP contribution in [0.25, 0.3) is 21.7 Å². The van der Waals surface area contributed by atoms with E-state index < -0.39 is 0 Å². The van der Waals surface area contributed by atoms with Crippen LogP contribution in [0.5, 0.6) is 0 Å². The Morgan fingerprint density at radius 1 is 0.905 bits per heavy atom. The minimum atomic E-state index is -0.164. The molecular weight excluding hydrogens is 260 g/mol. The van der Waals surface area contributed by atoms with Crippen molar-refractivity contribution in [3.63, 3.8) is 0 Å². The van der Waals surface area contributed by atoms with Crippen LogP contribution in [0.3, 0.4) is 0 Å². The van der Waals surface area contributed by atoms with Gasteiger partial charge in [-0.05, 0) is 41.3 Å². The van der Waals surface area contributed by atoms with Crippen molar-refractivity contribution >= 4 is 21.7 Å². The van der Waals surface area contributed by atoms with Crippen LogP contribution in [0.4, 0.5) is 0 Å². The highest BCUT2D eigenvalue weighted by Gasteiger charge is 2.14. The predicted octanol–water partition coefficient (Wildman–Crippen LogP) is 4.85. The normalized spacial score (nSPS) is 11.3. The molecule has 108 valence electrons. The highest BCUT2D eigenvalue weighted by molar-refractivity contribution is 5.97.